The molecule has 2 saturated heterocycles. The molecule has 2 heterocycles. The van der Waals surface area contributed by atoms with Crippen molar-refractivity contribution in [1.82, 2.24) is 4.31 Å². The van der Waals surface area contributed by atoms with E-state index >= 15 is 0 Å². The van der Waals surface area contributed by atoms with Crippen LogP contribution in [0.15, 0.2) is 0 Å². The Balaban J connectivity index is 2.05. The fourth-order valence-corrected chi connectivity index (χ4v) is 4.69. The SMILES string of the molecule is O=S(=O)(C1CCOCC1)N1CCCC(Cl)C1. The average Bonchev–Trinajstić information content (AvgIpc) is 2.30. The van der Waals surface area contributed by atoms with Crippen LogP contribution in [-0.2, 0) is 14.8 Å². The predicted octanol–water partition coefficient (Wildman–Crippen LogP) is 1.20. The maximum Gasteiger partial charge on any atom is 0.217 e. The number of piperidine rings is 1. The molecule has 0 radical (unpaired) electrons. The van der Waals surface area contributed by atoms with E-state index in [9.17, 15) is 8.42 Å². The second kappa shape index (κ2) is 5.21. The molecule has 1 unspecified atom stereocenters. The molecular weight excluding hydrogens is 250 g/mol. The monoisotopic (exact) mass is 267 g/mol. The molecule has 94 valence electrons. The minimum absolute atomic E-state index is 0.0247. The summed E-state index contributed by atoms with van der Waals surface area (Å²) in [5.41, 5.74) is 0. The highest BCUT2D eigenvalue weighted by Gasteiger charge is 2.35. The van der Waals surface area contributed by atoms with Crippen LogP contribution in [0, 0.1) is 0 Å². The smallest absolute Gasteiger partial charge is 0.217 e. The zero-order valence-electron chi connectivity index (χ0n) is 9.27. The van der Waals surface area contributed by atoms with Crippen molar-refractivity contribution < 1.29 is 13.2 Å². The van der Waals surface area contributed by atoms with Crippen LogP contribution in [-0.4, -0.2) is 49.7 Å². The van der Waals surface area contributed by atoms with Gasteiger partial charge < -0.3 is 4.74 Å². The van der Waals surface area contributed by atoms with Gasteiger partial charge in [-0.05, 0) is 25.7 Å². The number of rotatable bonds is 2. The molecule has 0 aromatic carbocycles. The lowest BCUT2D eigenvalue weighted by atomic mass is 10.2. The molecule has 0 spiro atoms. The van der Waals surface area contributed by atoms with Gasteiger partial charge in [0.15, 0.2) is 0 Å². The lowest BCUT2D eigenvalue weighted by Gasteiger charge is -2.33. The van der Waals surface area contributed by atoms with Gasteiger partial charge in [-0.3, -0.25) is 0 Å². The van der Waals surface area contributed by atoms with Gasteiger partial charge in [-0.2, -0.15) is 0 Å². The third-order valence-electron chi connectivity index (χ3n) is 3.28. The number of ether oxygens (including phenoxy) is 1. The average molecular weight is 268 g/mol. The fraction of sp³-hybridized carbons (Fsp3) is 1.00. The lowest BCUT2D eigenvalue weighted by molar-refractivity contribution is 0.0970. The topological polar surface area (TPSA) is 46.6 Å². The van der Waals surface area contributed by atoms with E-state index in [2.05, 4.69) is 0 Å². The first-order chi connectivity index (χ1) is 7.60. The summed E-state index contributed by atoms with van der Waals surface area (Å²) >= 11 is 6.03. The number of sulfonamides is 1. The summed E-state index contributed by atoms with van der Waals surface area (Å²) < 4.78 is 31.4. The standard InChI is InChI=1S/C10H18ClNO3S/c11-9-2-1-5-12(8-9)16(13,14)10-3-6-15-7-4-10/h9-10H,1-8H2. The van der Waals surface area contributed by atoms with Crippen molar-refractivity contribution in [3.8, 4) is 0 Å². The molecule has 16 heavy (non-hydrogen) atoms. The van der Waals surface area contributed by atoms with Crippen LogP contribution in [0.3, 0.4) is 0 Å². The normalized spacial score (nSPS) is 30.4. The Morgan fingerprint density at radius 1 is 1.19 bits per heavy atom. The number of hydrogen-bond acceptors (Lipinski definition) is 3. The molecule has 0 amide bonds. The van der Waals surface area contributed by atoms with Crippen LogP contribution < -0.4 is 0 Å². The molecule has 0 aromatic rings. The summed E-state index contributed by atoms with van der Waals surface area (Å²) in [7, 11) is -3.15. The van der Waals surface area contributed by atoms with Crippen molar-refractivity contribution in [1.29, 1.82) is 0 Å². The Labute approximate surface area is 102 Å². The number of alkyl halides is 1. The molecule has 0 aromatic heterocycles. The van der Waals surface area contributed by atoms with E-state index in [1.165, 1.54) is 0 Å². The maximum absolute atomic E-state index is 12.3. The largest absolute Gasteiger partial charge is 0.381 e. The van der Waals surface area contributed by atoms with Gasteiger partial charge in [0.25, 0.3) is 0 Å². The van der Waals surface area contributed by atoms with Crippen molar-refractivity contribution in [2.75, 3.05) is 26.3 Å². The van der Waals surface area contributed by atoms with E-state index < -0.39 is 10.0 Å². The van der Waals surface area contributed by atoms with E-state index in [-0.39, 0.29) is 10.6 Å². The quantitative estimate of drug-likeness (QED) is 0.707. The number of nitrogens with zero attached hydrogens (tertiary/aromatic N) is 1. The number of halogens is 1. The highest BCUT2D eigenvalue weighted by atomic mass is 35.5. The predicted molar refractivity (Wildman–Crippen MR) is 63.2 cm³/mol. The molecule has 0 aliphatic carbocycles. The fourth-order valence-electron chi connectivity index (χ4n) is 2.31. The van der Waals surface area contributed by atoms with Crippen molar-refractivity contribution in [3.63, 3.8) is 0 Å². The molecular formula is C10H18ClNO3S. The van der Waals surface area contributed by atoms with Gasteiger partial charge in [-0.15, -0.1) is 11.6 Å². The molecule has 2 aliphatic rings. The number of hydrogen-bond donors (Lipinski definition) is 0. The zero-order chi connectivity index (χ0) is 11.6. The summed E-state index contributed by atoms with van der Waals surface area (Å²) in [6.07, 6.45) is 3.02. The molecule has 2 aliphatic heterocycles. The van der Waals surface area contributed by atoms with E-state index in [1.54, 1.807) is 4.31 Å². The van der Waals surface area contributed by atoms with Crippen LogP contribution in [0.2, 0.25) is 0 Å². The van der Waals surface area contributed by atoms with Crippen molar-refractivity contribution >= 4 is 21.6 Å². The Morgan fingerprint density at radius 3 is 2.50 bits per heavy atom. The first kappa shape index (κ1) is 12.6. The molecule has 2 rings (SSSR count). The molecule has 0 N–H and O–H groups in total. The Bertz CT molecular complexity index is 327. The molecule has 1 atom stereocenters. The summed E-state index contributed by atoms with van der Waals surface area (Å²) in [6.45, 7) is 2.22. The Kier molecular flexibility index (Phi) is 4.11. The summed E-state index contributed by atoms with van der Waals surface area (Å²) in [5, 5.41) is -0.286. The van der Waals surface area contributed by atoms with Gasteiger partial charge >= 0.3 is 0 Å². The van der Waals surface area contributed by atoms with Crippen LogP contribution in [0.4, 0.5) is 0 Å². The second-order valence-corrected chi connectivity index (χ2v) is 7.28. The van der Waals surface area contributed by atoms with Crippen LogP contribution in [0.1, 0.15) is 25.7 Å². The highest BCUT2D eigenvalue weighted by Crippen LogP contribution is 2.24. The van der Waals surface area contributed by atoms with E-state index in [4.69, 9.17) is 16.3 Å². The highest BCUT2D eigenvalue weighted by molar-refractivity contribution is 7.89. The van der Waals surface area contributed by atoms with Gasteiger partial charge in [-0.1, -0.05) is 0 Å². The van der Waals surface area contributed by atoms with Crippen LogP contribution >= 0.6 is 11.6 Å². The third kappa shape index (κ3) is 2.70. The van der Waals surface area contributed by atoms with Gasteiger partial charge in [-0.25, -0.2) is 12.7 Å². The minimum Gasteiger partial charge on any atom is -0.381 e. The molecule has 2 fully saturated rings. The van der Waals surface area contributed by atoms with Gasteiger partial charge in [0.05, 0.1) is 5.25 Å². The van der Waals surface area contributed by atoms with Gasteiger partial charge in [0.2, 0.25) is 10.0 Å². The lowest BCUT2D eigenvalue weighted by Crippen LogP contribution is -2.46. The first-order valence-corrected chi connectivity index (χ1v) is 7.75. The second-order valence-electron chi connectivity index (χ2n) is 4.45. The van der Waals surface area contributed by atoms with E-state index in [0.29, 0.717) is 39.1 Å². The first-order valence-electron chi connectivity index (χ1n) is 5.81. The summed E-state index contributed by atoms with van der Waals surface area (Å²) in [4.78, 5) is 0. The molecule has 0 bridgehead atoms. The molecule has 0 saturated carbocycles. The van der Waals surface area contributed by atoms with Gasteiger partial charge in [0, 0.05) is 31.7 Å². The van der Waals surface area contributed by atoms with E-state index in [0.717, 1.165) is 12.8 Å². The molecule has 4 nitrogen and oxygen atoms in total. The Hall–Kier alpha value is 0.160. The molecule has 6 heteroatoms. The minimum atomic E-state index is -3.15. The van der Waals surface area contributed by atoms with E-state index in [1.807, 2.05) is 0 Å². The van der Waals surface area contributed by atoms with Gasteiger partial charge in [0.1, 0.15) is 0 Å². The summed E-state index contributed by atoms with van der Waals surface area (Å²) in [6, 6.07) is 0. The third-order valence-corrected chi connectivity index (χ3v) is 6.00. The van der Waals surface area contributed by atoms with Crippen LogP contribution in [0.5, 0.6) is 0 Å². The van der Waals surface area contributed by atoms with Crippen molar-refractivity contribution in [3.05, 3.63) is 0 Å². The summed E-state index contributed by atoms with van der Waals surface area (Å²) in [5.74, 6) is 0. The Morgan fingerprint density at radius 2 is 1.88 bits per heavy atom. The van der Waals surface area contributed by atoms with Crippen molar-refractivity contribution in [2.45, 2.75) is 36.3 Å². The maximum atomic E-state index is 12.3. The van der Waals surface area contributed by atoms with Crippen LogP contribution in [0.25, 0.3) is 0 Å². The zero-order valence-corrected chi connectivity index (χ0v) is 10.8. The van der Waals surface area contributed by atoms with Crippen molar-refractivity contribution in [2.24, 2.45) is 0 Å².